The molecule has 2 aromatic rings. The molecular formula is C12H16BrN5O2S. The average molecular weight is 374 g/mol. The number of nitrogens with zero attached hydrogens (tertiary/aromatic N) is 3. The Bertz CT molecular complexity index is 729. The second-order valence-corrected chi connectivity index (χ2v) is 6.99. The Morgan fingerprint density at radius 3 is 2.86 bits per heavy atom. The zero-order chi connectivity index (χ0) is 15.5. The maximum absolute atomic E-state index is 12.2. The molecule has 0 atom stereocenters. The van der Waals surface area contributed by atoms with Gasteiger partial charge in [0.25, 0.3) is 10.0 Å². The van der Waals surface area contributed by atoms with Crippen LogP contribution < -0.4 is 10.5 Å². The van der Waals surface area contributed by atoms with Crippen LogP contribution >= 0.6 is 15.9 Å². The number of pyridine rings is 1. The zero-order valence-corrected chi connectivity index (χ0v) is 13.9. The molecule has 0 fully saturated rings. The van der Waals surface area contributed by atoms with E-state index >= 15 is 0 Å². The molecule has 0 spiro atoms. The first-order chi connectivity index (χ1) is 9.92. The van der Waals surface area contributed by atoms with E-state index in [0.29, 0.717) is 18.8 Å². The standard InChI is InChI=1S/C12H16BrN5O2S/c1-9-11(13)3-4-12(16-9)17-21(19,20)10-7-15-18(8-10)6-2-5-14/h3-4,7-8H,2,5-6,14H2,1H3,(H,16,17). The first-order valence-electron chi connectivity index (χ1n) is 6.31. The van der Waals surface area contributed by atoms with E-state index in [1.54, 1.807) is 23.7 Å². The molecule has 114 valence electrons. The third-order valence-electron chi connectivity index (χ3n) is 2.77. The van der Waals surface area contributed by atoms with Crippen molar-refractivity contribution in [3.8, 4) is 0 Å². The lowest BCUT2D eigenvalue weighted by Gasteiger charge is -2.06. The molecule has 0 unspecified atom stereocenters. The van der Waals surface area contributed by atoms with Crippen LogP contribution in [-0.4, -0.2) is 29.7 Å². The number of halogens is 1. The van der Waals surface area contributed by atoms with Crippen LogP contribution in [0.3, 0.4) is 0 Å². The number of aryl methyl sites for hydroxylation is 2. The largest absolute Gasteiger partial charge is 0.330 e. The van der Waals surface area contributed by atoms with Crippen molar-refractivity contribution in [2.24, 2.45) is 5.73 Å². The Hall–Kier alpha value is -1.45. The highest BCUT2D eigenvalue weighted by molar-refractivity contribution is 9.10. The third kappa shape index (κ3) is 4.02. The molecule has 0 saturated heterocycles. The maximum Gasteiger partial charge on any atom is 0.266 e. The number of aromatic nitrogens is 3. The lowest BCUT2D eigenvalue weighted by atomic mass is 10.4. The fourth-order valence-electron chi connectivity index (χ4n) is 1.66. The first-order valence-corrected chi connectivity index (χ1v) is 8.58. The van der Waals surface area contributed by atoms with Crippen molar-refractivity contribution in [3.05, 3.63) is 34.7 Å². The normalized spacial score (nSPS) is 11.6. The van der Waals surface area contributed by atoms with Gasteiger partial charge in [0.1, 0.15) is 10.7 Å². The third-order valence-corrected chi connectivity index (χ3v) is 4.92. The number of sulfonamides is 1. The van der Waals surface area contributed by atoms with E-state index in [-0.39, 0.29) is 10.7 Å². The van der Waals surface area contributed by atoms with Crippen LogP contribution in [0, 0.1) is 6.92 Å². The summed E-state index contributed by atoms with van der Waals surface area (Å²) in [6, 6.07) is 3.33. The molecule has 0 aromatic carbocycles. The minimum Gasteiger partial charge on any atom is -0.330 e. The fourth-order valence-corrected chi connectivity index (χ4v) is 2.83. The quantitative estimate of drug-likeness (QED) is 0.798. The van der Waals surface area contributed by atoms with Gasteiger partial charge in [0, 0.05) is 17.2 Å². The second kappa shape index (κ2) is 6.54. The van der Waals surface area contributed by atoms with Gasteiger partial charge < -0.3 is 5.73 Å². The highest BCUT2D eigenvalue weighted by atomic mass is 79.9. The van der Waals surface area contributed by atoms with Crippen molar-refractivity contribution in [2.75, 3.05) is 11.3 Å². The van der Waals surface area contributed by atoms with Gasteiger partial charge in [0.15, 0.2) is 0 Å². The minimum absolute atomic E-state index is 0.0990. The number of nitrogens with two attached hydrogens (primary N) is 1. The van der Waals surface area contributed by atoms with E-state index in [9.17, 15) is 8.42 Å². The molecule has 0 radical (unpaired) electrons. The van der Waals surface area contributed by atoms with E-state index in [0.717, 1.165) is 10.9 Å². The average Bonchev–Trinajstić information content (AvgIpc) is 2.90. The molecule has 3 N–H and O–H groups in total. The highest BCUT2D eigenvalue weighted by Crippen LogP contribution is 2.19. The molecule has 21 heavy (non-hydrogen) atoms. The van der Waals surface area contributed by atoms with Crippen molar-refractivity contribution >= 4 is 31.8 Å². The van der Waals surface area contributed by atoms with Crippen molar-refractivity contribution < 1.29 is 8.42 Å². The van der Waals surface area contributed by atoms with Crippen LogP contribution in [0.15, 0.2) is 33.9 Å². The van der Waals surface area contributed by atoms with Gasteiger partial charge in [-0.05, 0) is 48.0 Å². The van der Waals surface area contributed by atoms with Crippen molar-refractivity contribution in [2.45, 2.75) is 24.8 Å². The van der Waals surface area contributed by atoms with Gasteiger partial charge in [-0.15, -0.1) is 0 Å². The monoisotopic (exact) mass is 373 g/mol. The summed E-state index contributed by atoms with van der Waals surface area (Å²) in [6.07, 6.45) is 3.52. The van der Waals surface area contributed by atoms with Crippen LogP contribution in [0.2, 0.25) is 0 Å². The van der Waals surface area contributed by atoms with Gasteiger partial charge in [0.05, 0.1) is 11.9 Å². The lowest BCUT2D eigenvalue weighted by Crippen LogP contribution is -2.13. The fraction of sp³-hybridized carbons (Fsp3) is 0.333. The molecule has 2 rings (SSSR count). The van der Waals surface area contributed by atoms with E-state index in [1.807, 2.05) is 0 Å². The summed E-state index contributed by atoms with van der Waals surface area (Å²) in [5, 5.41) is 4.01. The number of rotatable bonds is 6. The van der Waals surface area contributed by atoms with Crippen molar-refractivity contribution in [1.29, 1.82) is 0 Å². The molecule has 0 aliphatic heterocycles. The number of nitrogens with one attached hydrogen (secondary N) is 1. The van der Waals surface area contributed by atoms with Crippen LogP contribution in [0.1, 0.15) is 12.1 Å². The molecule has 0 aliphatic carbocycles. The molecule has 0 amide bonds. The molecular weight excluding hydrogens is 358 g/mol. The summed E-state index contributed by atoms with van der Waals surface area (Å²) in [5.74, 6) is 0.269. The predicted molar refractivity (Wildman–Crippen MR) is 83.4 cm³/mol. The van der Waals surface area contributed by atoms with Crippen molar-refractivity contribution in [3.63, 3.8) is 0 Å². The first kappa shape index (κ1) is 15.9. The number of anilines is 1. The summed E-state index contributed by atoms with van der Waals surface area (Å²) in [4.78, 5) is 4.26. The zero-order valence-electron chi connectivity index (χ0n) is 11.5. The summed E-state index contributed by atoms with van der Waals surface area (Å²) >= 11 is 3.32. The second-order valence-electron chi connectivity index (χ2n) is 4.45. The van der Waals surface area contributed by atoms with Gasteiger partial charge >= 0.3 is 0 Å². The molecule has 2 heterocycles. The van der Waals surface area contributed by atoms with Crippen LogP contribution in [-0.2, 0) is 16.6 Å². The van der Waals surface area contributed by atoms with Crippen molar-refractivity contribution in [1.82, 2.24) is 14.8 Å². The van der Waals surface area contributed by atoms with Gasteiger partial charge in [-0.3, -0.25) is 9.40 Å². The Kier molecular flexibility index (Phi) is 4.96. The molecule has 9 heteroatoms. The molecule has 0 bridgehead atoms. The summed E-state index contributed by atoms with van der Waals surface area (Å²) in [5.41, 5.74) is 6.12. The maximum atomic E-state index is 12.2. The van der Waals surface area contributed by atoms with E-state index in [1.165, 1.54) is 12.4 Å². The predicted octanol–water partition coefficient (Wildman–Crippen LogP) is 1.50. The summed E-state index contributed by atoms with van der Waals surface area (Å²) < 4.78 is 29.3. The van der Waals surface area contributed by atoms with E-state index < -0.39 is 10.0 Å². The molecule has 2 aromatic heterocycles. The van der Waals surface area contributed by atoms with Gasteiger partial charge in [-0.25, -0.2) is 13.4 Å². The molecule has 0 saturated carbocycles. The Balaban J connectivity index is 2.17. The Morgan fingerprint density at radius 2 is 2.19 bits per heavy atom. The topological polar surface area (TPSA) is 103 Å². The van der Waals surface area contributed by atoms with Gasteiger partial charge in [0.2, 0.25) is 0 Å². The Labute approximate surface area is 131 Å². The minimum atomic E-state index is -3.69. The van der Waals surface area contributed by atoms with E-state index in [4.69, 9.17) is 5.73 Å². The van der Waals surface area contributed by atoms with Crippen LogP contribution in [0.5, 0.6) is 0 Å². The van der Waals surface area contributed by atoms with Gasteiger partial charge in [-0.2, -0.15) is 5.10 Å². The number of hydrogen-bond acceptors (Lipinski definition) is 5. The SMILES string of the molecule is Cc1nc(NS(=O)(=O)c2cnn(CCCN)c2)ccc1Br. The van der Waals surface area contributed by atoms with Crippen LogP contribution in [0.4, 0.5) is 5.82 Å². The molecule has 7 nitrogen and oxygen atoms in total. The highest BCUT2D eigenvalue weighted by Gasteiger charge is 2.17. The Morgan fingerprint density at radius 1 is 1.43 bits per heavy atom. The van der Waals surface area contributed by atoms with Gasteiger partial charge in [-0.1, -0.05) is 0 Å². The lowest BCUT2D eigenvalue weighted by molar-refractivity contribution is 0.582. The van der Waals surface area contributed by atoms with E-state index in [2.05, 4.69) is 30.7 Å². The number of hydrogen-bond donors (Lipinski definition) is 2. The summed E-state index contributed by atoms with van der Waals surface area (Å²) in [7, 11) is -3.69. The van der Waals surface area contributed by atoms with Crippen LogP contribution in [0.25, 0.3) is 0 Å². The summed E-state index contributed by atoms with van der Waals surface area (Å²) in [6.45, 7) is 2.90. The smallest absolute Gasteiger partial charge is 0.266 e. The molecule has 0 aliphatic rings.